The van der Waals surface area contributed by atoms with Gasteiger partial charge in [0.1, 0.15) is 6.61 Å². The highest BCUT2D eigenvalue weighted by molar-refractivity contribution is 9.10. The molecule has 168 valence electrons. The number of hydrogen-bond donors (Lipinski definition) is 2. The van der Waals surface area contributed by atoms with Gasteiger partial charge in [0.25, 0.3) is 5.69 Å². The van der Waals surface area contributed by atoms with E-state index >= 15 is 0 Å². The largest absolute Gasteiger partial charge is 0.490 e. The Labute approximate surface area is 196 Å². The highest BCUT2D eigenvalue weighted by Gasteiger charge is 2.13. The van der Waals surface area contributed by atoms with Crippen molar-refractivity contribution in [2.24, 2.45) is 0 Å². The van der Waals surface area contributed by atoms with Crippen molar-refractivity contribution in [1.29, 1.82) is 0 Å². The molecule has 3 rings (SSSR count). The fourth-order valence-corrected chi connectivity index (χ4v) is 3.69. The molecular weight excluding hydrogens is 474 g/mol. The molecule has 0 atom stereocenters. The number of nitro benzene ring substituents is 1. The van der Waals surface area contributed by atoms with Crippen LogP contribution in [0.3, 0.4) is 0 Å². The quantitative estimate of drug-likeness (QED) is 0.193. The molecule has 0 unspecified atom stereocenters. The summed E-state index contributed by atoms with van der Waals surface area (Å²) in [5.74, 6) is 1.40. The molecule has 0 bridgehead atoms. The Morgan fingerprint density at radius 1 is 0.969 bits per heavy atom. The number of nitro groups is 1. The predicted octanol–water partition coefficient (Wildman–Crippen LogP) is 5.54. The first kappa shape index (κ1) is 23.6. The summed E-state index contributed by atoms with van der Waals surface area (Å²) in [4.78, 5) is 10.3. The molecule has 0 aliphatic heterocycles. The van der Waals surface area contributed by atoms with E-state index in [9.17, 15) is 10.1 Å². The van der Waals surface area contributed by atoms with E-state index in [1.165, 1.54) is 12.1 Å². The van der Waals surface area contributed by atoms with Gasteiger partial charge in [0, 0.05) is 37.5 Å². The van der Waals surface area contributed by atoms with E-state index in [0.29, 0.717) is 37.8 Å². The van der Waals surface area contributed by atoms with Crippen LogP contribution in [0.2, 0.25) is 0 Å². The molecule has 0 heterocycles. The Morgan fingerprint density at radius 3 is 2.41 bits per heavy atom. The summed E-state index contributed by atoms with van der Waals surface area (Å²) in [5, 5.41) is 17.3. The van der Waals surface area contributed by atoms with Crippen LogP contribution in [0.4, 0.5) is 11.4 Å². The van der Waals surface area contributed by atoms with Gasteiger partial charge in [-0.15, -0.1) is 0 Å². The standard InChI is InChI=1S/C24H26BrN3O4/c1-2-31-23-15-19(14-22(25)24(23)32-17-18-6-4-3-5-7-18)16-26-12-13-27-20-8-10-21(11-9-20)28(29)30/h3-11,14-15,26-27H,2,12-13,16-17H2,1H3. The van der Waals surface area contributed by atoms with Gasteiger partial charge in [-0.3, -0.25) is 10.1 Å². The first-order chi connectivity index (χ1) is 15.6. The Bertz CT molecular complexity index is 1010. The molecule has 32 heavy (non-hydrogen) atoms. The molecule has 8 heteroatoms. The number of ether oxygens (including phenoxy) is 2. The molecule has 0 spiro atoms. The normalized spacial score (nSPS) is 10.6. The van der Waals surface area contributed by atoms with Gasteiger partial charge in [-0.2, -0.15) is 0 Å². The lowest BCUT2D eigenvalue weighted by Gasteiger charge is -2.16. The lowest BCUT2D eigenvalue weighted by atomic mass is 10.2. The second-order valence-electron chi connectivity index (χ2n) is 7.02. The van der Waals surface area contributed by atoms with E-state index in [1.807, 2.05) is 49.4 Å². The Kier molecular flexibility index (Phi) is 8.89. The van der Waals surface area contributed by atoms with Crippen LogP contribution >= 0.6 is 15.9 Å². The molecular formula is C24H26BrN3O4. The summed E-state index contributed by atoms with van der Waals surface area (Å²) in [6.07, 6.45) is 0. The highest BCUT2D eigenvalue weighted by atomic mass is 79.9. The van der Waals surface area contributed by atoms with E-state index in [4.69, 9.17) is 9.47 Å². The van der Waals surface area contributed by atoms with E-state index in [2.05, 4.69) is 26.6 Å². The minimum absolute atomic E-state index is 0.0838. The van der Waals surface area contributed by atoms with E-state index < -0.39 is 4.92 Å². The molecule has 0 saturated carbocycles. The Morgan fingerprint density at radius 2 is 1.72 bits per heavy atom. The van der Waals surface area contributed by atoms with Gasteiger partial charge >= 0.3 is 0 Å². The molecule has 0 aliphatic carbocycles. The maximum absolute atomic E-state index is 10.7. The summed E-state index contributed by atoms with van der Waals surface area (Å²) in [6.45, 7) is 5.04. The third-order valence-corrected chi connectivity index (χ3v) is 5.22. The summed E-state index contributed by atoms with van der Waals surface area (Å²) in [7, 11) is 0. The zero-order valence-corrected chi connectivity index (χ0v) is 19.4. The van der Waals surface area contributed by atoms with Crippen molar-refractivity contribution in [3.05, 3.63) is 92.4 Å². The van der Waals surface area contributed by atoms with Gasteiger partial charge in [-0.05, 0) is 58.2 Å². The molecule has 0 fully saturated rings. The van der Waals surface area contributed by atoms with Gasteiger partial charge in [-0.1, -0.05) is 30.3 Å². The van der Waals surface area contributed by atoms with Crippen LogP contribution in [0.1, 0.15) is 18.1 Å². The van der Waals surface area contributed by atoms with Crippen LogP contribution in [-0.4, -0.2) is 24.6 Å². The predicted molar refractivity (Wildman–Crippen MR) is 129 cm³/mol. The summed E-state index contributed by atoms with van der Waals surface area (Å²) >= 11 is 3.62. The molecule has 0 amide bonds. The zero-order chi connectivity index (χ0) is 22.8. The number of hydrogen-bond acceptors (Lipinski definition) is 6. The van der Waals surface area contributed by atoms with Gasteiger partial charge in [0.05, 0.1) is 16.0 Å². The van der Waals surface area contributed by atoms with Crippen molar-refractivity contribution in [3.8, 4) is 11.5 Å². The van der Waals surface area contributed by atoms with Crippen LogP contribution in [0.25, 0.3) is 0 Å². The zero-order valence-electron chi connectivity index (χ0n) is 17.8. The fraction of sp³-hybridized carbons (Fsp3) is 0.250. The summed E-state index contributed by atoms with van der Waals surface area (Å²) < 4.78 is 12.7. The lowest BCUT2D eigenvalue weighted by molar-refractivity contribution is -0.384. The number of non-ortho nitro benzene ring substituents is 1. The van der Waals surface area contributed by atoms with Crippen LogP contribution in [0.15, 0.2) is 71.2 Å². The number of halogens is 1. The number of nitrogens with zero attached hydrogens (tertiary/aromatic N) is 1. The van der Waals surface area contributed by atoms with E-state index in [-0.39, 0.29) is 5.69 Å². The fourth-order valence-electron chi connectivity index (χ4n) is 3.09. The van der Waals surface area contributed by atoms with Crippen molar-refractivity contribution in [1.82, 2.24) is 5.32 Å². The second kappa shape index (κ2) is 12.1. The monoisotopic (exact) mass is 499 g/mol. The first-order valence-corrected chi connectivity index (χ1v) is 11.2. The third-order valence-electron chi connectivity index (χ3n) is 4.63. The molecule has 2 N–H and O–H groups in total. The summed E-state index contributed by atoms with van der Waals surface area (Å²) in [5.41, 5.74) is 3.09. The minimum Gasteiger partial charge on any atom is -0.490 e. The number of anilines is 1. The highest BCUT2D eigenvalue weighted by Crippen LogP contribution is 2.37. The summed E-state index contributed by atoms with van der Waals surface area (Å²) in [6, 6.07) is 20.4. The van der Waals surface area contributed by atoms with Crippen molar-refractivity contribution in [2.75, 3.05) is 25.0 Å². The van der Waals surface area contributed by atoms with Crippen LogP contribution in [0, 0.1) is 10.1 Å². The molecule has 0 aromatic heterocycles. The number of benzene rings is 3. The smallest absolute Gasteiger partial charge is 0.269 e. The van der Waals surface area contributed by atoms with Crippen LogP contribution in [-0.2, 0) is 13.2 Å². The van der Waals surface area contributed by atoms with Crippen molar-refractivity contribution in [3.63, 3.8) is 0 Å². The molecule has 0 aliphatic rings. The number of nitrogens with one attached hydrogen (secondary N) is 2. The van der Waals surface area contributed by atoms with Gasteiger partial charge < -0.3 is 20.1 Å². The average Bonchev–Trinajstić information content (AvgIpc) is 2.79. The van der Waals surface area contributed by atoms with Gasteiger partial charge in [-0.25, -0.2) is 0 Å². The Balaban J connectivity index is 1.51. The van der Waals surface area contributed by atoms with Gasteiger partial charge in [0.15, 0.2) is 11.5 Å². The minimum atomic E-state index is -0.405. The van der Waals surface area contributed by atoms with Crippen molar-refractivity contribution >= 4 is 27.3 Å². The number of rotatable bonds is 12. The topological polar surface area (TPSA) is 85.7 Å². The SMILES string of the molecule is CCOc1cc(CNCCNc2ccc([N+](=O)[O-])cc2)cc(Br)c1OCc1ccccc1. The second-order valence-corrected chi connectivity index (χ2v) is 7.87. The van der Waals surface area contributed by atoms with Crippen molar-refractivity contribution < 1.29 is 14.4 Å². The maximum Gasteiger partial charge on any atom is 0.269 e. The van der Waals surface area contributed by atoms with Crippen LogP contribution < -0.4 is 20.1 Å². The van der Waals surface area contributed by atoms with Crippen molar-refractivity contribution in [2.45, 2.75) is 20.1 Å². The molecule has 7 nitrogen and oxygen atoms in total. The molecule has 3 aromatic rings. The average molecular weight is 500 g/mol. The van der Waals surface area contributed by atoms with E-state index in [1.54, 1.807) is 12.1 Å². The van der Waals surface area contributed by atoms with E-state index in [0.717, 1.165) is 27.8 Å². The molecule has 0 radical (unpaired) electrons. The van der Waals surface area contributed by atoms with Gasteiger partial charge in [0.2, 0.25) is 0 Å². The van der Waals surface area contributed by atoms with Crippen LogP contribution in [0.5, 0.6) is 11.5 Å². The molecule has 3 aromatic carbocycles. The first-order valence-electron chi connectivity index (χ1n) is 10.4. The third kappa shape index (κ3) is 6.96. The lowest BCUT2D eigenvalue weighted by Crippen LogP contribution is -2.21. The Hall–Kier alpha value is -3.10. The molecule has 0 saturated heterocycles. The maximum atomic E-state index is 10.7.